The lowest BCUT2D eigenvalue weighted by Crippen LogP contribution is -2.52. The Balaban J connectivity index is 2.05. The van der Waals surface area contributed by atoms with Crippen LogP contribution in [0.15, 0.2) is 73.3 Å². The zero-order valence-corrected chi connectivity index (χ0v) is 24.9. The highest BCUT2D eigenvalue weighted by molar-refractivity contribution is 6.00. The number of benzene rings is 3. The van der Waals surface area contributed by atoms with E-state index >= 15 is 0 Å². The molecule has 4 N–H and O–H groups in total. The summed E-state index contributed by atoms with van der Waals surface area (Å²) in [5, 5.41) is 7.54. The molecule has 0 aliphatic carbocycles. The van der Waals surface area contributed by atoms with Gasteiger partial charge in [0.05, 0.1) is 0 Å². The smallest absolute Gasteiger partial charge is 0.408 e. The molecular formula is C33H40N4O5. The Morgan fingerprint density at radius 2 is 1.69 bits per heavy atom. The van der Waals surface area contributed by atoms with Gasteiger partial charge in [0.25, 0.3) is 5.91 Å². The summed E-state index contributed by atoms with van der Waals surface area (Å²) in [5.74, 6) is -1.66. The van der Waals surface area contributed by atoms with Crippen molar-refractivity contribution in [1.82, 2.24) is 10.2 Å². The highest BCUT2D eigenvalue weighted by atomic mass is 16.6. The normalized spacial score (nSPS) is 12.6. The van der Waals surface area contributed by atoms with E-state index in [1.807, 2.05) is 62.4 Å². The Morgan fingerprint density at radius 1 is 1.00 bits per heavy atom. The fraction of sp³-hybridized carbons (Fsp3) is 0.333. The van der Waals surface area contributed by atoms with Crippen LogP contribution in [-0.2, 0) is 19.1 Å². The number of amides is 4. The van der Waals surface area contributed by atoms with Gasteiger partial charge in [-0.05, 0) is 80.6 Å². The molecule has 2 unspecified atom stereocenters. The average molecular weight is 573 g/mol. The Hall–Kier alpha value is -4.66. The molecule has 3 aromatic rings. The molecule has 3 aromatic carbocycles. The van der Waals surface area contributed by atoms with Crippen LogP contribution < -0.4 is 16.4 Å². The van der Waals surface area contributed by atoms with Crippen LogP contribution in [0.1, 0.15) is 56.3 Å². The molecule has 222 valence electrons. The topological polar surface area (TPSA) is 131 Å². The van der Waals surface area contributed by atoms with Gasteiger partial charge >= 0.3 is 6.09 Å². The van der Waals surface area contributed by atoms with Gasteiger partial charge in [-0.25, -0.2) is 4.79 Å². The number of carbonyl (C=O) groups excluding carboxylic acids is 4. The molecule has 4 amide bonds. The molecule has 9 heteroatoms. The first-order valence-corrected chi connectivity index (χ1v) is 13.9. The van der Waals surface area contributed by atoms with E-state index in [2.05, 4.69) is 17.2 Å². The van der Waals surface area contributed by atoms with Gasteiger partial charge in [0.2, 0.25) is 11.8 Å². The number of nitrogens with zero attached hydrogens (tertiary/aromatic N) is 1. The number of nitrogens with two attached hydrogens (primary N) is 1. The maximum atomic E-state index is 14.2. The molecule has 42 heavy (non-hydrogen) atoms. The first kappa shape index (κ1) is 31.9. The largest absolute Gasteiger partial charge is 0.444 e. The monoisotopic (exact) mass is 572 g/mol. The van der Waals surface area contributed by atoms with Crippen molar-refractivity contribution in [2.45, 2.75) is 65.1 Å². The highest BCUT2D eigenvalue weighted by Gasteiger charge is 2.36. The molecule has 0 heterocycles. The summed E-state index contributed by atoms with van der Waals surface area (Å²) in [6.45, 7) is 12.7. The predicted octanol–water partition coefficient (Wildman–Crippen LogP) is 5.31. The number of hydrogen-bond donors (Lipinski definition) is 3. The Morgan fingerprint density at radius 3 is 2.33 bits per heavy atom. The third kappa shape index (κ3) is 8.42. The summed E-state index contributed by atoms with van der Waals surface area (Å²) >= 11 is 0. The van der Waals surface area contributed by atoms with Crippen LogP contribution >= 0.6 is 0 Å². The summed E-state index contributed by atoms with van der Waals surface area (Å²) in [4.78, 5) is 54.0. The van der Waals surface area contributed by atoms with Gasteiger partial charge in [-0.3, -0.25) is 14.4 Å². The minimum absolute atomic E-state index is 0.00884. The Labute approximate surface area is 247 Å². The lowest BCUT2D eigenvalue weighted by molar-refractivity contribution is -0.140. The van der Waals surface area contributed by atoms with Crippen molar-refractivity contribution in [3.05, 3.63) is 90.0 Å². The zero-order chi connectivity index (χ0) is 31.0. The SMILES string of the molecule is C=CCN(C(=O)C(CCC(N)=O)NC(=O)OC(C)(C)C)C(C(=O)Nc1ccc2ccccc2c1)c1cccc(C)c1C. The second kappa shape index (κ2) is 13.8. The van der Waals surface area contributed by atoms with Gasteiger partial charge in [0.15, 0.2) is 0 Å². The van der Waals surface area contributed by atoms with Crippen LogP contribution in [0.2, 0.25) is 0 Å². The lowest BCUT2D eigenvalue weighted by Gasteiger charge is -2.34. The standard InChI is InChI=1S/C33H40N4O5/c1-7-19-37(31(40)27(17-18-28(34)38)36-32(41)42-33(4,5)6)29(26-14-10-11-21(2)22(26)3)30(39)35-25-16-15-23-12-8-9-13-24(23)20-25/h7-16,20,27,29H,1,17-19H2,2-6H3,(H2,34,38)(H,35,39)(H,36,41). The molecule has 0 bridgehead atoms. The van der Waals surface area contributed by atoms with Crippen molar-refractivity contribution < 1.29 is 23.9 Å². The third-order valence-electron chi connectivity index (χ3n) is 6.80. The van der Waals surface area contributed by atoms with E-state index in [1.165, 1.54) is 11.0 Å². The number of fused-ring (bicyclic) bond motifs is 1. The third-order valence-corrected chi connectivity index (χ3v) is 6.80. The van der Waals surface area contributed by atoms with Gasteiger partial charge in [0.1, 0.15) is 17.7 Å². The van der Waals surface area contributed by atoms with E-state index in [0.29, 0.717) is 11.3 Å². The number of alkyl carbamates (subject to hydrolysis) is 1. The zero-order valence-electron chi connectivity index (χ0n) is 24.9. The first-order chi connectivity index (χ1) is 19.8. The predicted molar refractivity (Wildman–Crippen MR) is 165 cm³/mol. The number of anilines is 1. The number of ether oxygens (including phenoxy) is 1. The number of hydrogen-bond acceptors (Lipinski definition) is 5. The van der Waals surface area contributed by atoms with Crippen molar-refractivity contribution in [1.29, 1.82) is 0 Å². The van der Waals surface area contributed by atoms with Gasteiger partial charge < -0.3 is 26.0 Å². The van der Waals surface area contributed by atoms with Crippen LogP contribution in [0.25, 0.3) is 10.8 Å². The van der Waals surface area contributed by atoms with Crippen LogP contribution in [0.5, 0.6) is 0 Å². The van der Waals surface area contributed by atoms with Crippen molar-refractivity contribution in [2.75, 3.05) is 11.9 Å². The maximum absolute atomic E-state index is 14.2. The Kier molecular flexibility index (Phi) is 10.5. The molecule has 0 spiro atoms. The molecule has 0 fully saturated rings. The van der Waals surface area contributed by atoms with E-state index in [9.17, 15) is 19.2 Å². The average Bonchev–Trinajstić information content (AvgIpc) is 2.91. The van der Waals surface area contributed by atoms with E-state index in [-0.39, 0.29) is 19.4 Å². The van der Waals surface area contributed by atoms with E-state index in [0.717, 1.165) is 21.9 Å². The summed E-state index contributed by atoms with van der Waals surface area (Å²) in [5.41, 5.74) is 7.53. The molecule has 9 nitrogen and oxygen atoms in total. The van der Waals surface area contributed by atoms with E-state index in [4.69, 9.17) is 10.5 Å². The van der Waals surface area contributed by atoms with Crippen molar-refractivity contribution in [2.24, 2.45) is 5.73 Å². The molecule has 0 radical (unpaired) electrons. The molecule has 0 aromatic heterocycles. The van der Waals surface area contributed by atoms with Gasteiger partial charge in [0, 0.05) is 18.7 Å². The van der Waals surface area contributed by atoms with E-state index < -0.39 is 41.5 Å². The van der Waals surface area contributed by atoms with E-state index in [1.54, 1.807) is 32.9 Å². The lowest BCUT2D eigenvalue weighted by atomic mass is 9.94. The number of aryl methyl sites for hydroxylation is 1. The highest BCUT2D eigenvalue weighted by Crippen LogP contribution is 2.29. The van der Waals surface area contributed by atoms with Gasteiger partial charge in [-0.2, -0.15) is 0 Å². The number of rotatable bonds is 11. The van der Waals surface area contributed by atoms with Crippen molar-refractivity contribution >= 4 is 40.3 Å². The summed E-state index contributed by atoms with van der Waals surface area (Å²) < 4.78 is 5.37. The minimum Gasteiger partial charge on any atom is -0.444 e. The molecule has 3 rings (SSSR count). The second-order valence-electron chi connectivity index (χ2n) is 11.2. The maximum Gasteiger partial charge on any atom is 0.408 e. The fourth-order valence-corrected chi connectivity index (χ4v) is 4.65. The van der Waals surface area contributed by atoms with Crippen LogP contribution in [0.3, 0.4) is 0 Å². The quantitative estimate of drug-likeness (QED) is 0.268. The second-order valence-corrected chi connectivity index (χ2v) is 11.2. The Bertz CT molecular complexity index is 1480. The van der Waals surface area contributed by atoms with Crippen molar-refractivity contribution in [3.8, 4) is 0 Å². The number of carbonyl (C=O) groups is 4. The summed E-state index contributed by atoms with van der Waals surface area (Å²) in [6, 6.07) is 16.7. The number of primary amides is 1. The molecule has 0 aliphatic rings. The molecular weight excluding hydrogens is 532 g/mol. The minimum atomic E-state index is -1.19. The molecule has 2 atom stereocenters. The first-order valence-electron chi connectivity index (χ1n) is 13.9. The van der Waals surface area contributed by atoms with Gasteiger partial charge in [-0.15, -0.1) is 6.58 Å². The molecule has 0 saturated carbocycles. The van der Waals surface area contributed by atoms with Gasteiger partial charge in [-0.1, -0.05) is 54.6 Å². The van der Waals surface area contributed by atoms with Crippen molar-refractivity contribution in [3.63, 3.8) is 0 Å². The summed E-state index contributed by atoms with van der Waals surface area (Å²) in [6.07, 6.45) is 0.448. The number of nitrogens with one attached hydrogen (secondary N) is 2. The molecule has 0 aliphatic heterocycles. The van der Waals surface area contributed by atoms with Crippen LogP contribution in [0, 0.1) is 13.8 Å². The van der Waals surface area contributed by atoms with Crippen LogP contribution in [-0.4, -0.2) is 46.9 Å². The summed E-state index contributed by atoms with van der Waals surface area (Å²) in [7, 11) is 0. The fourth-order valence-electron chi connectivity index (χ4n) is 4.65. The molecule has 0 saturated heterocycles. The van der Waals surface area contributed by atoms with Crippen LogP contribution in [0.4, 0.5) is 10.5 Å².